The zero-order chi connectivity index (χ0) is 13.1. The molecule has 2 N–H and O–H groups in total. The molecule has 18 heavy (non-hydrogen) atoms. The summed E-state index contributed by atoms with van der Waals surface area (Å²) >= 11 is 5.18. The standard InChI is InChI=1S/C14H21N3S/c1-3-17(4-2)14-11(13(15)18)9-10-7-5-6-8-12(10)16-14/h9H,3-8H2,1-2H3,(H2,15,18). The quantitative estimate of drug-likeness (QED) is 0.847. The summed E-state index contributed by atoms with van der Waals surface area (Å²) in [6, 6.07) is 2.16. The lowest BCUT2D eigenvalue weighted by molar-refractivity contribution is 0.665. The summed E-state index contributed by atoms with van der Waals surface area (Å²) in [6.45, 7) is 6.12. The Morgan fingerprint density at radius 1 is 1.33 bits per heavy atom. The predicted octanol–water partition coefficient (Wildman–Crippen LogP) is 2.44. The second-order valence-corrected chi connectivity index (χ2v) is 5.15. The van der Waals surface area contributed by atoms with E-state index in [1.807, 2.05) is 0 Å². The van der Waals surface area contributed by atoms with Crippen LogP contribution in [0.25, 0.3) is 0 Å². The zero-order valence-corrected chi connectivity index (χ0v) is 12.0. The van der Waals surface area contributed by atoms with Crippen LogP contribution in [-0.2, 0) is 12.8 Å². The van der Waals surface area contributed by atoms with Crippen molar-refractivity contribution in [1.29, 1.82) is 0 Å². The molecule has 0 amide bonds. The highest BCUT2D eigenvalue weighted by atomic mass is 32.1. The Balaban J connectivity index is 2.51. The fourth-order valence-corrected chi connectivity index (χ4v) is 2.72. The molecule has 0 radical (unpaired) electrons. The number of thiocarbonyl (C=S) groups is 1. The summed E-state index contributed by atoms with van der Waals surface area (Å²) in [5.74, 6) is 0.966. The van der Waals surface area contributed by atoms with Crippen molar-refractivity contribution in [1.82, 2.24) is 4.98 Å². The third-order valence-corrected chi connectivity index (χ3v) is 3.83. The smallest absolute Gasteiger partial charge is 0.139 e. The van der Waals surface area contributed by atoms with E-state index in [0.29, 0.717) is 4.99 Å². The first-order valence-corrected chi connectivity index (χ1v) is 7.15. The summed E-state index contributed by atoms with van der Waals surface area (Å²) < 4.78 is 0. The lowest BCUT2D eigenvalue weighted by Crippen LogP contribution is -2.28. The van der Waals surface area contributed by atoms with Gasteiger partial charge in [0.15, 0.2) is 0 Å². The van der Waals surface area contributed by atoms with Gasteiger partial charge in [0.2, 0.25) is 0 Å². The van der Waals surface area contributed by atoms with Gasteiger partial charge in [0.05, 0.1) is 5.56 Å². The number of aryl methyl sites for hydroxylation is 2. The normalized spacial score (nSPS) is 14.1. The molecule has 0 atom stereocenters. The van der Waals surface area contributed by atoms with Gasteiger partial charge in [-0.05, 0) is 51.2 Å². The number of nitrogens with zero attached hydrogens (tertiary/aromatic N) is 2. The van der Waals surface area contributed by atoms with Crippen molar-refractivity contribution in [2.45, 2.75) is 39.5 Å². The molecule has 0 saturated carbocycles. The molecule has 1 aromatic heterocycles. The highest BCUT2D eigenvalue weighted by Gasteiger charge is 2.18. The second-order valence-electron chi connectivity index (χ2n) is 4.71. The van der Waals surface area contributed by atoms with Crippen LogP contribution in [0, 0.1) is 0 Å². The van der Waals surface area contributed by atoms with E-state index >= 15 is 0 Å². The summed E-state index contributed by atoms with van der Waals surface area (Å²) in [5.41, 5.74) is 9.37. The van der Waals surface area contributed by atoms with Gasteiger partial charge in [0.25, 0.3) is 0 Å². The first-order valence-electron chi connectivity index (χ1n) is 6.74. The molecule has 3 nitrogen and oxygen atoms in total. The van der Waals surface area contributed by atoms with Crippen molar-refractivity contribution in [3.63, 3.8) is 0 Å². The van der Waals surface area contributed by atoms with Crippen molar-refractivity contribution in [3.8, 4) is 0 Å². The number of hydrogen-bond donors (Lipinski definition) is 1. The average Bonchev–Trinajstić information content (AvgIpc) is 2.39. The number of nitrogens with two attached hydrogens (primary N) is 1. The first kappa shape index (κ1) is 13.3. The molecule has 0 aliphatic heterocycles. The molecular weight excluding hydrogens is 242 g/mol. The molecular formula is C14H21N3S. The average molecular weight is 263 g/mol. The monoisotopic (exact) mass is 263 g/mol. The Morgan fingerprint density at radius 3 is 2.61 bits per heavy atom. The second kappa shape index (κ2) is 5.65. The molecule has 0 unspecified atom stereocenters. The van der Waals surface area contributed by atoms with Gasteiger partial charge >= 0.3 is 0 Å². The van der Waals surface area contributed by atoms with Gasteiger partial charge in [-0.2, -0.15) is 0 Å². The number of aromatic nitrogens is 1. The summed E-state index contributed by atoms with van der Waals surface area (Å²) in [5, 5.41) is 0. The Morgan fingerprint density at radius 2 is 2.00 bits per heavy atom. The number of fused-ring (bicyclic) bond motifs is 1. The largest absolute Gasteiger partial charge is 0.389 e. The predicted molar refractivity (Wildman–Crippen MR) is 80.3 cm³/mol. The zero-order valence-electron chi connectivity index (χ0n) is 11.2. The summed E-state index contributed by atoms with van der Waals surface area (Å²) in [7, 11) is 0. The first-order chi connectivity index (χ1) is 8.67. The molecule has 0 bridgehead atoms. The minimum Gasteiger partial charge on any atom is -0.389 e. The minimum absolute atomic E-state index is 0.456. The number of anilines is 1. The SMILES string of the molecule is CCN(CC)c1nc2c(cc1C(N)=S)CCCC2. The van der Waals surface area contributed by atoms with Crippen LogP contribution in [0.15, 0.2) is 6.07 Å². The molecule has 98 valence electrons. The fraction of sp³-hybridized carbons (Fsp3) is 0.571. The maximum absolute atomic E-state index is 5.86. The van der Waals surface area contributed by atoms with Crippen molar-refractivity contribution in [3.05, 3.63) is 22.9 Å². The molecule has 0 fully saturated rings. The van der Waals surface area contributed by atoms with Crippen LogP contribution < -0.4 is 10.6 Å². The Kier molecular flexibility index (Phi) is 4.17. The van der Waals surface area contributed by atoms with Gasteiger partial charge in [-0.25, -0.2) is 4.98 Å². The summed E-state index contributed by atoms with van der Waals surface area (Å²) in [4.78, 5) is 7.52. The van der Waals surface area contributed by atoms with Gasteiger partial charge in [0.1, 0.15) is 10.8 Å². The summed E-state index contributed by atoms with van der Waals surface area (Å²) in [6.07, 6.45) is 4.68. The molecule has 0 saturated heterocycles. The van der Waals surface area contributed by atoms with Crippen molar-refractivity contribution in [2.24, 2.45) is 5.73 Å². The van der Waals surface area contributed by atoms with E-state index in [4.69, 9.17) is 22.9 Å². The number of rotatable bonds is 4. The van der Waals surface area contributed by atoms with Crippen LogP contribution in [0.4, 0.5) is 5.82 Å². The van der Waals surface area contributed by atoms with Gasteiger partial charge in [-0.1, -0.05) is 12.2 Å². The van der Waals surface area contributed by atoms with E-state index in [-0.39, 0.29) is 0 Å². The van der Waals surface area contributed by atoms with E-state index in [2.05, 4.69) is 24.8 Å². The van der Waals surface area contributed by atoms with Crippen LogP contribution in [0.2, 0.25) is 0 Å². The number of pyridine rings is 1. The minimum atomic E-state index is 0.456. The molecule has 1 aliphatic carbocycles. The van der Waals surface area contributed by atoms with Crippen molar-refractivity contribution in [2.75, 3.05) is 18.0 Å². The molecule has 1 heterocycles. The molecule has 1 aliphatic rings. The van der Waals surface area contributed by atoms with Crippen LogP contribution in [-0.4, -0.2) is 23.1 Å². The van der Waals surface area contributed by atoms with Crippen molar-refractivity contribution >= 4 is 23.0 Å². The van der Waals surface area contributed by atoms with Crippen LogP contribution in [0.1, 0.15) is 43.5 Å². The molecule has 0 spiro atoms. The third-order valence-electron chi connectivity index (χ3n) is 3.61. The topological polar surface area (TPSA) is 42.2 Å². The Bertz CT molecular complexity index is 453. The molecule has 4 heteroatoms. The number of hydrogen-bond acceptors (Lipinski definition) is 3. The van der Waals surface area contributed by atoms with Gasteiger partial charge in [-0.3, -0.25) is 0 Å². The van der Waals surface area contributed by atoms with Crippen LogP contribution in [0.5, 0.6) is 0 Å². The van der Waals surface area contributed by atoms with Crippen LogP contribution in [0.3, 0.4) is 0 Å². The van der Waals surface area contributed by atoms with E-state index < -0.39 is 0 Å². The Hall–Kier alpha value is -1.16. The van der Waals surface area contributed by atoms with E-state index in [1.165, 1.54) is 24.1 Å². The fourth-order valence-electron chi connectivity index (χ4n) is 2.57. The van der Waals surface area contributed by atoms with Gasteiger partial charge in [-0.15, -0.1) is 0 Å². The molecule has 0 aromatic carbocycles. The van der Waals surface area contributed by atoms with Crippen molar-refractivity contribution < 1.29 is 0 Å². The molecule has 2 rings (SSSR count). The van der Waals surface area contributed by atoms with E-state index in [1.54, 1.807) is 0 Å². The van der Waals surface area contributed by atoms with E-state index in [9.17, 15) is 0 Å². The van der Waals surface area contributed by atoms with Gasteiger partial charge < -0.3 is 10.6 Å². The van der Waals surface area contributed by atoms with E-state index in [0.717, 1.165) is 37.3 Å². The lowest BCUT2D eigenvalue weighted by atomic mass is 9.94. The van der Waals surface area contributed by atoms with Crippen LogP contribution >= 0.6 is 12.2 Å². The highest BCUT2D eigenvalue weighted by Crippen LogP contribution is 2.26. The Labute approximate surface area is 114 Å². The lowest BCUT2D eigenvalue weighted by Gasteiger charge is -2.25. The highest BCUT2D eigenvalue weighted by molar-refractivity contribution is 7.80. The maximum Gasteiger partial charge on any atom is 0.139 e. The maximum atomic E-state index is 5.86. The van der Waals surface area contributed by atoms with Gasteiger partial charge in [0, 0.05) is 18.8 Å². The third kappa shape index (κ3) is 2.48. The molecule has 1 aromatic rings.